The van der Waals surface area contributed by atoms with Crippen molar-refractivity contribution in [3.8, 4) is 0 Å². The first-order valence-corrected chi connectivity index (χ1v) is 5.08. The second-order valence-electron chi connectivity index (χ2n) is 3.48. The van der Waals surface area contributed by atoms with Gasteiger partial charge in [-0.05, 0) is 13.0 Å². The number of morpholine rings is 1. The minimum absolute atomic E-state index is 0.310. The average molecular weight is 184 g/mol. The minimum Gasteiger partial charge on any atom is -0.367 e. The van der Waals surface area contributed by atoms with Gasteiger partial charge in [0.25, 0.3) is 0 Å². The maximum Gasteiger partial charge on any atom is 0.231 e. The van der Waals surface area contributed by atoms with Gasteiger partial charge in [-0.25, -0.2) is 0 Å². The predicted octanol–water partition coefficient (Wildman–Crippen LogP) is 0.987. The van der Waals surface area contributed by atoms with Crippen LogP contribution in [0.3, 0.4) is 0 Å². The minimum atomic E-state index is -0.310. The highest BCUT2D eigenvalue weighted by Crippen LogP contribution is 2.05. The maximum atomic E-state index is 10.4. The Bertz CT molecular complexity index is 150. The molecule has 1 aliphatic rings. The smallest absolute Gasteiger partial charge is 0.231 e. The summed E-state index contributed by atoms with van der Waals surface area (Å²) >= 11 is 0. The van der Waals surface area contributed by atoms with Gasteiger partial charge in [-0.3, -0.25) is 9.69 Å². The first kappa shape index (κ1) is 10.7. The SMILES string of the molecule is CCCCCN1CCOC([C]=O)C1. The molecule has 1 aliphatic heterocycles. The molecule has 1 atom stereocenters. The van der Waals surface area contributed by atoms with E-state index in [0.717, 1.165) is 19.6 Å². The molecule has 3 nitrogen and oxygen atoms in total. The fraction of sp³-hybridized carbons (Fsp3) is 0.900. The molecule has 0 amide bonds. The van der Waals surface area contributed by atoms with E-state index in [1.165, 1.54) is 19.3 Å². The maximum absolute atomic E-state index is 10.4. The number of nitrogens with zero attached hydrogens (tertiary/aromatic N) is 1. The van der Waals surface area contributed by atoms with Gasteiger partial charge >= 0.3 is 0 Å². The summed E-state index contributed by atoms with van der Waals surface area (Å²) in [5, 5.41) is 0. The summed E-state index contributed by atoms with van der Waals surface area (Å²) in [5.41, 5.74) is 0. The molecule has 0 aliphatic carbocycles. The van der Waals surface area contributed by atoms with Crippen molar-refractivity contribution in [2.75, 3.05) is 26.2 Å². The van der Waals surface area contributed by atoms with Crippen LogP contribution in [-0.4, -0.2) is 43.5 Å². The molecule has 1 rings (SSSR count). The number of ether oxygens (including phenoxy) is 1. The van der Waals surface area contributed by atoms with E-state index < -0.39 is 0 Å². The molecule has 1 unspecified atom stereocenters. The van der Waals surface area contributed by atoms with Crippen LogP contribution in [-0.2, 0) is 9.53 Å². The van der Waals surface area contributed by atoms with Crippen LogP contribution in [0.15, 0.2) is 0 Å². The Morgan fingerprint density at radius 2 is 2.38 bits per heavy atom. The van der Waals surface area contributed by atoms with Crippen molar-refractivity contribution < 1.29 is 9.53 Å². The quantitative estimate of drug-likeness (QED) is 0.597. The van der Waals surface area contributed by atoms with Gasteiger partial charge in [-0.15, -0.1) is 0 Å². The van der Waals surface area contributed by atoms with E-state index in [2.05, 4.69) is 11.8 Å². The van der Waals surface area contributed by atoms with Crippen molar-refractivity contribution in [1.29, 1.82) is 0 Å². The zero-order valence-electron chi connectivity index (χ0n) is 8.29. The van der Waals surface area contributed by atoms with E-state index >= 15 is 0 Å². The topological polar surface area (TPSA) is 29.5 Å². The van der Waals surface area contributed by atoms with Crippen molar-refractivity contribution in [1.82, 2.24) is 4.90 Å². The molecule has 13 heavy (non-hydrogen) atoms. The van der Waals surface area contributed by atoms with Crippen molar-refractivity contribution >= 4 is 6.29 Å². The van der Waals surface area contributed by atoms with E-state index in [1.807, 2.05) is 6.29 Å². The van der Waals surface area contributed by atoms with Crippen LogP contribution in [0.25, 0.3) is 0 Å². The number of rotatable bonds is 5. The highest BCUT2D eigenvalue weighted by molar-refractivity contribution is 5.57. The summed E-state index contributed by atoms with van der Waals surface area (Å²) in [6, 6.07) is 0. The summed E-state index contributed by atoms with van der Waals surface area (Å²) in [6.07, 6.45) is 5.34. The number of unbranched alkanes of at least 4 members (excludes halogenated alkanes) is 2. The lowest BCUT2D eigenvalue weighted by atomic mass is 10.2. The largest absolute Gasteiger partial charge is 0.367 e. The Labute approximate surface area is 80.1 Å². The summed E-state index contributed by atoms with van der Waals surface area (Å²) in [6.45, 7) is 5.65. The van der Waals surface area contributed by atoms with Gasteiger partial charge < -0.3 is 4.74 Å². The van der Waals surface area contributed by atoms with Crippen molar-refractivity contribution in [2.45, 2.75) is 32.3 Å². The van der Waals surface area contributed by atoms with E-state index in [4.69, 9.17) is 4.74 Å². The molecule has 1 saturated heterocycles. The van der Waals surface area contributed by atoms with Gasteiger partial charge in [0.15, 0.2) is 0 Å². The zero-order chi connectivity index (χ0) is 9.52. The van der Waals surface area contributed by atoms with E-state index in [9.17, 15) is 4.79 Å². The van der Waals surface area contributed by atoms with Gasteiger partial charge in [0.2, 0.25) is 6.29 Å². The van der Waals surface area contributed by atoms with E-state index in [-0.39, 0.29) is 6.10 Å². The molecule has 1 heterocycles. The van der Waals surface area contributed by atoms with Crippen LogP contribution >= 0.6 is 0 Å². The second kappa shape index (κ2) is 6.11. The number of hydrogen-bond acceptors (Lipinski definition) is 3. The molecule has 0 bridgehead atoms. The molecular formula is C10H18NO2. The Morgan fingerprint density at radius 3 is 3.08 bits per heavy atom. The first-order chi connectivity index (χ1) is 6.36. The zero-order valence-corrected chi connectivity index (χ0v) is 8.29. The monoisotopic (exact) mass is 184 g/mol. The Balaban J connectivity index is 2.14. The van der Waals surface area contributed by atoms with Crippen molar-refractivity contribution in [3.63, 3.8) is 0 Å². The first-order valence-electron chi connectivity index (χ1n) is 5.08. The summed E-state index contributed by atoms with van der Waals surface area (Å²) < 4.78 is 5.20. The van der Waals surface area contributed by atoms with E-state index in [0.29, 0.717) is 6.61 Å². The second-order valence-corrected chi connectivity index (χ2v) is 3.48. The third kappa shape index (κ3) is 3.87. The van der Waals surface area contributed by atoms with Crippen LogP contribution in [0, 0.1) is 0 Å². The standard InChI is InChI=1S/C10H18NO2/c1-2-3-4-5-11-6-7-13-10(8-11)9-12/h10H,2-8H2,1H3. The molecule has 3 heteroatoms. The molecular weight excluding hydrogens is 166 g/mol. The summed E-state index contributed by atoms with van der Waals surface area (Å²) in [5.74, 6) is 0. The average Bonchev–Trinajstić information content (AvgIpc) is 2.19. The van der Waals surface area contributed by atoms with Gasteiger partial charge in [0, 0.05) is 13.1 Å². The lowest BCUT2D eigenvalue weighted by Crippen LogP contribution is -2.43. The summed E-state index contributed by atoms with van der Waals surface area (Å²) in [7, 11) is 0. The van der Waals surface area contributed by atoms with Crippen LogP contribution in [0.2, 0.25) is 0 Å². The van der Waals surface area contributed by atoms with Gasteiger partial charge in [0.1, 0.15) is 6.10 Å². The van der Waals surface area contributed by atoms with Gasteiger partial charge in [-0.2, -0.15) is 0 Å². The third-order valence-corrected chi connectivity index (χ3v) is 2.36. The van der Waals surface area contributed by atoms with Crippen LogP contribution in [0.4, 0.5) is 0 Å². The predicted molar refractivity (Wildman–Crippen MR) is 51.4 cm³/mol. The van der Waals surface area contributed by atoms with Gasteiger partial charge in [-0.1, -0.05) is 19.8 Å². The lowest BCUT2D eigenvalue weighted by Gasteiger charge is -2.29. The Hall–Kier alpha value is -0.410. The Morgan fingerprint density at radius 1 is 1.54 bits per heavy atom. The molecule has 0 N–H and O–H groups in total. The molecule has 0 aromatic heterocycles. The van der Waals surface area contributed by atoms with E-state index in [1.54, 1.807) is 0 Å². The molecule has 1 radical (unpaired) electrons. The van der Waals surface area contributed by atoms with Gasteiger partial charge in [0.05, 0.1) is 6.61 Å². The molecule has 0 spiro atoms. The van der Waals surface area contributed by atoms with Crippen LogP contribution in [0.5, 0.6) is 0 Å². The molecule has 0 aromatic carbocycles. The summed E-state index contributed by atoms with van der Waals surface area (Å²) in [4.78, 5) is 12.6. The number of carbonyl (C=O) groups excluding carboxylic acids is 1. The fourth-order valence-electron chi connectivity index (χ4n) is 1.56. The lowest BCUT2D eigenvalue weighted by molar-refractivity contribution is 0.00511. The van der Waals surface area contributed by atoms with Crippen molar-refractivity contribution in [2.24, 2.45) is 0 Å². The Kier molecular flexibility index (Phi) is 5.01. The molecule has 75 valence electrons. The molecule has 0 aromatic rings. The van der Waals surface area contributed by atoms with Crippen molar-refractivity contribution in [3.05, 3.63) is 0 Å². The third-order valence-electron chi connectivity index (χ3n) is 2.36. The fourth-order valence-corrected chi connectivity index (χ4v) is 1.56. The molecule has 0 saturated carbocycles. The highest BCUT2D eigenvalue weighted by atomic mass is 16.5. The normalized spacial score (nSPS) is 24.5. The van der Waals surface area contributed by atoms with Crippen LogP contribution in [0.1, 0.15) is 26.2 Å². The van der Waals surface area contributed by atoms with Crippen LogP contribution < -0.4 is 0 Å². The molecule has 1 fully saturated rings. The highest BCUT2D eigenvalue weighted by Gasteiger charge is 2.19. The number of hydrogen-bond donors (Lipinski definition) is 0.